The highest BCUT2D eigenvalue weighted by Gasteiger charge is 2.53. The third-order valence-corrected chi connectivity index (χ3v) is 7.72. The number of methoxy groups -OCH3 is 2. The Bertz CT molecular complexity index is 1110. The van der Waals surface area contributed by atoms with Crippen LogP contribution in [0.2, 0.25) is 0 Å². The number of fused-ring (bicyclic) bond motifs is 1. The minimum Gasteiger partial charge on any atom is -0.493 e. The molecule has 0 spiro atoms. The van der Waals surface area contributed by atoms with Gasteiger partial charge >= 0.3 is 5.97 Å². The van der Waals surface area contributed by atoms with Crippen LogP contribution in [0.3, 0.4) is 0 Å². The van der Waals surface area contributed by atoms with Crippen LogP contribution in [0.5, 0.6) is 17.2 Å². The second kappa shape index (κ2) is 9.92. The monoisotopic (exact) mass is 478 g/mol. The molecule has 0 saturated heterocycles. The fourth-order valence-electron chi connectivity index (χ4n) is 5.40. The molecule has 2 fully saturated rings. The lowest BCUT2D eigenvalue weighted by Gasteiger charge is -2.23. The van der Waals surface area contributed by atoms with Crippen LogP contribution in [-0.4, -0.2) is 38.7 Å². The number of ketones is 1. The second-order valence-electron chi connectivity index (χ2n) is 10.0. The predicted octanol–water partition coefficient (Wildman–Crippen LogP) is 5.92. The molecule has 0 atom stereocenters. The highest BCUT2D eigenvalue weighted by Crippen LogP contribution is 2.51. The Labute approximate surface area is 206 Å². The number of rotatable bonds is 8. The summed E-state index contributed by atoms with van der Waals surface area (Å²) in [5, 5.41) is 0. The molecular weight excluding hydrogens is 444 g/mol. The Morgan fingerprint density at radius 1 is 0.886 bits per heavy atom. The zero-order valence-electron chi connectivity index (χ0n) is 20.7. The summed E-state index contributed by atoms with van der Waals surface area (Å²) in [6.45, 7) is 0.225. The molecule has 5 rings (SSSR count). The van der Waals surface area contributed by atoms with E-state index in [2.05, 4.69) is 0 Å². The average molecular weight is 479 g/mol. The number of ether oxygens (including phenoxy) is 4. The quantitative estimate of drug-likeness (QED) is 0.346. The van der Waals surface area contributed by atoms with Gasteiger partial charge < -0.3 is 18.9 Å². The fraction of sp³-hybridized carbons (Fsp3) is 0.517. The van der Waals surface area contributed by atoms with Crippen LogP contribution < -0.4 is 14.2 Å². The lowest BCUT2D eigenvalue weighted by Crippen LogP contribution is -2.29. The number of carbonyl (C=O) groups excluding carboxylic acids is 2. The standard InChI is InChI=1S/C29H34O6/c1-32-25-15-13-23(20-10-7-11-22-21(20)12-14-24(22)30)26(27(25)33-2)34-18-29(16-17-29)28(31)35-19-8-5-3-4-6-9-19/h7,10-11,13,15,19H,3-6,8-9,12,14,16-18H2,1-2H3. The van der Waals surface area contributed by atoms with Crippen molar-refractivity contribution >= 4 is 11.8 Å². The first-order valence-electron chi connectivity index (χ1n) is 12.8. The summed E-state index contributed by atoms with van der Waals surface area (Å²) in [5.74, 6) is 1.61. The van der Waals surface area contributed by atoms with E-state index in [0.29, 0.717) is 30.1 Å². The van der Waals surface area contributed by atoms with E-state index in [1.807, 2.05) is 30.3 Å². The van der Waals surface area contributed by atoms with E-state index in [0.717, 1.165) is 60.8 Å². The largest absolute Gasteiger partial charge is 0.493 e. The highest BCUT2D eigenvalue weighted by molar-refractivity contribution is 6.02. The van der Waals surface area contributed by atoms with E-state index in [1.165, 1.54) is 12.8 Å². The minimum absolute atomic E-state index is 0.0221. The molecule has 0 heterocycles. The van der Waals surface area contributed by atoms with E-state index in [-0.39, 0.29) is 24.5 Å². The maximum Gasteiger partial charge on any atom is 0.315 e. The summed E-state index contributed by atoms with van der Waals surface area (Å²) < 4.78 is 23.6. The van der Waals surface area contributed by atoms with Gasteiger partial charge in [0.15, 0.2) is 17.3 Å². The molecule has 2 saturated carbocycles. The SMILES string of the molecule is COc1ccc(-c2cccc3c2CCC3=O)c(OCC2(C(=O)OC3CCCCCC3)CC2)c1OC. The smallest absolute Gasteiger partial charge is 0.315 e. The van der Waals surface area contributed by atoms with Crippen LogP contribution in [0, 0.1) is 5.41 Å². The van der Waals surface area contributed by atoms with Crippen LogP contribution >= 0.6 is 0 Å². The molecule has 0 radical (unpaired) electrons. The van der Waals surface area contributed by atoms with Gasteiger partial charge in [0.2, 0.25) is 5.75 Å². The zero-order valence-corrected chi connectivity index (χ0v) is 20.7. The van der Waals surface area contributed by atoms with Crippen molar-refractivity contribution in [2.45, 2.75) is 70.3 Å². The first-order valence-corrected chi connectivity index (χ1v) is 12.8. The molecule has 35 heavy (non-hydrogen) atoms. The summed E-state index contributed by atoms with van der Waals surface area (Å²) in [6.07, 6.45) is 9.35. The van der Waals surface area contributed by atoms with Gasteiger partial charge in [-0.2, -0.15) is 0 Å². The average Bonchev–Trinajstić information content (AvgIpc) is 3.64. The Morgan fingerprint density at radius 2 is 1.63 bits per heavy atom. The molecule has 0 aromatic heterocycles. The normalized spacial score (nSPS) is 19.0. The Morgan fingerprint density at radius 3 is 2.31 bits per heavy atom. The van der Waals surface area contributed by atoms with Crippen LogP contribution in [0.4, 0.5) is 0 Å². The Balaban J connectivity index is 1.43. The fourth-order valence-corrected chi connectivity index (χ4v) is 5.40. The molecular formula is C29H34O6. The van der Waals surface area contributed by atoms with Gasteiger partial charge in [-0.3, -0.25) is 9.59 Å². The molecule has 0 amide bonds. The van der Waals surface area contributed by atoms with Crippen LogP contribution in [-0.2, 0) is 16.0 Å². The van der Waals surface area contributed by atoms with Crippen molar-refractivity contribution in [3.8, 4) is 28.4 Å². The van der Waals surface area contributed by atoms with Gasteiger partial charge in [-0.05, 0) is 68.2 Å². The maximum absolute atomic E-state index is 13.2. The molecule has 6 heteroatoms. The third kappa shape index (κ3) is 4.63. The third-order valence-electron chi connectivity index (χ3n) is 7.72. The van der Waals surface area contributed by atoms with Gasteiger partial charge in [0, 0.05) is 17.5 Å². The number of benzene rings is 2. The molecule has 186 valence electrons. The molecule has 6 nitrogen and oxygen atoms in total. The zero-order chi connectivity index (χ0) is 24.4. The predicted molar refractivity (Wildman–Crippen MR) is 132 cm³/mol. The minimum atomic E-state index is -0.605. The van der Waals surface area contributed by atoms with Crippen LogP contribution in [0.25, 0.3) is 11.1 Å². The van der Waals surface area contributed by atoms with Crippen molar-refractivity contribution in [3.63, 3.8) is 0 Å². The van der Waals surface area contributed by atoms with Gasteiger partial charge in [-0.25, -0.2) is 0 Å². The second-order valence-corrected chi connectivity index (χ2v) is 10.0. The van der Waals surface area contributed by atoms with E-state index in [4.69, 9.17) is 18.9 Å². The maximum atomic E-state index is 13.2. The van der Waals surface area contributed by atoms with Gasteiger partial charge in [0.1, 0.15) is 18.1 Å². The highest BCUT2D eigenvalue weighted by atomic mass is 16.6. The lowest BCUT2D eigenvalue weighted by molar-refractivity contribution is -0.157. The Hall–Kier alpha value is -3.02. The van der Waals surface area contributed by atoms with Crippen molar-refractivity contribution in [1.82, 2.24) is 0 Å². The molecule has 0 aliphatic heterocycles. The first kappa shape index (κ1) is 23.7. The number of esters is 1. The first-order chi connectivity index (χ1) is 17.1. The van der Waals surface area contributed by atoms with Gasteiger partial charge in [0.05, 0.1) is 14.2 Å². The summed E-state index contributed by atoms with van der Waals surface area (Å²) in [7, 11) is 3.17. The number of hydrogen-bond donors (Lipinski definition) is 0. The van der Waals surface area contributed by atoms with Crippen molar-refractivity contribution in [2.24, 2.45) is 5.41 Å². The van der Waals surface area contributed by atoms with E-state index in [1.54, 1.807) is 14.2 Å². The number of hydrogen-bond acceptors (Lipinski definition) is 6. The number of Topliss-reactive ketones (excluding diaryl/α,β-unsaturated/α-hetero) is 1. The molecule has 2 aromatic carbocycles. The van der Waals surface area contributed by atoms with E-state index < -0.39 is 5.41 Å². The van der Waals surface area contributed by atoms with E-state index in [9.17, 15) is 9.59 Å². The summed E-state index contributed by atoms with van der Waals surface area (Å²) in [4.78, 5) is 25.5. The summed E-state index contributed by atoms with van der Waals surface area (Å²) in [6, 6.07) is 9.60. The van der Waals surface area contributed by atoms with E-state index >= 15 is 0 Å². The lowest BCUT2D eigenvalue weighted by atomic mass is 9.95. The van der Waals surface area contributed by atoms with Crippen LogP contribution in [0.15, 0.2) is 30.3 Å². The number of carbonyl (C=O) groups is 2. The van der Waals surface area contributed by atoms with Crippen molar-refractivity contribution in [2.75, 3.05) is 20.8 Å². The molecule has 0 bridgehead atoms. The Kier molecular flexibility index (Phi) is 6.72. The topological polar surface area (TPSA) is 71.1 Å². The molecule has 3 aliphatic rings. The molecule has 0 N–H and O–H groups in total. The van der Waals surface area contributed by atoms with Gasteiger partial charge in [-0.15, -0.1) is 0 Å². The molecule has 0 unspecified atom stereocenters. The van der Waals surface area contributed by atoms with Gasteiger partial charge in [-0.1, -0.05) is 31.0 Å². The van der Waals surface area contributed by atoms with Crippen molar-refractivity contribution in [3.05, 3.63) is 41.5 Å². The molecule has 3 aliphatic carbocycles. The summed E-state index contributed by atoms with van der Waals surface area (Å²) >= 11 is 0. The van der Waals surface area contributed by atoms with Crippen LogP contribution in [0.1, 0.15) is 73.7 Å². The molecule has 2 aromatic rings. The van der Waals surface area contributed by atoms with Crippen molar-refractivity contribution < 1.29 is 28.5 Å². The summed E-state index contributed by atoms with van der Waals surface area (Å²) in [5.41, 5.74) is 2.99. The van der Waals surface area contributed by atoms with Gasteiger partial charge in [0.25, 0.3) is 0 Å². The van der Waals surface area contributed by atoms with Crippen molar-refractivity contribution in [1.29, 1.82) is 0 Å².